The number of amides is 2. The quantitative estimate of drug-likeness (QED) is 0.779. The molecule has 3 heterocycles. The highest BCUT2D eigenvalue weighted by Crippen LogP contribution is 2.51. The average Bonchev–Trinajstić information content (AvgIpc) is 3.33. The summed E-state index contributed by atoms with van der Waals surface area (Å²) < 4.78 is 6.28. The van der Waals surface area contributed by atoms with E-state index in [0.29, 0.717) is 36.6 Å². The highest BCUT2D eigenvalue weighted by molar-refractivity contribution is 6.31. The third kappa shape index (κ3) is 2.43. The summed E-state index contributed by atoms with van der Waals surface area (Å²) in [5.41, 5.74) is 1.84. The van der Waals surface area contributed by atoms with Crippen molar-refractivity contribution in [1.82, 2.24) is 9.80 Å². The zero-order valence-electron chi connectivity index (χ0n) is 15.6. The van der Waals surface area contributed by atoms with Crippen LogP contribution in [0.4, 0.5) is 0 Å². The summed E-state index contributed by atoms with van der Waals surface area (Å²) in [4.78, 5) is 29.8. The van der Waals surface area contributed by atoms with Crippen LogP contribution in [-0.4, -0.2) is 46.5 Å². The molecule has 3 atom stereocenters. The molecule has 0 aliphatic carbocycles. The molecule has 2 aromatic carbocycles. The van der Waals surface area contributed by atoms with Gasteiger partial charge in [0.15, 0.2) is 5.72 Å². The lowest BCUT2D eigenvalue weighted by Crippen LogP contribution is -2.49. The van der Waals surface area contributed by atoms with Gasteiger partial charge in [-0.05, 0) is 36.2 Å². The van der Waals surface area contributed by atoms with Crippen molar-refractivity contribution in [3.8, 4) is 0 Å². The van der Waals surface area contributed by atoms with E-state index in [2.05, 4.69) is 0 Å². The number of carbonyl (C=O) groups is 2. The number of aryl methyl sites for hydroxylation is 1. The number of carbonyl (C=O) groups excluding carboxylic acids is 2. The Hall–Kier alpha value is -2.37. The predicted octanol–water partition coefficient (Wildman–Crippen LogP) is 3.56. The van der Waals surface area contributed by atoms with Gasteiger partial charge in [0.2, 0.25) is 5.91 Å². The normalized spacial score (nSPS) is 28.6. The van der Waals surface area contributed by atoms with Crippen molar-refractivity contribution in [2.45, 2.75) is 37.6 Å². The number of halogens is 1. The van der Waals surface area contributed by atoms with E-state index in [0.717, 1.165) is 11.1 Å². The molecule has 0 saturated carbocycles. The minimum absolute atomic E-state index is 0.0566. The van der Waals surface area contributed by atoms with Gasteiger partial charge in [0.25, 0.3) is 5.91 Å². The fourth-order valence-corrected chi connectivity index (χ4v) is 5.07. The van der Waals surface area contributed by atoms with Crippen molar-refractivity contribution >= 4 is 23.4 Å². The lowest BCUT2D eigenvalue weighted by atomic mass is 10.0. The molecule has 0 unspecified atom stereocenters. The molecule has 3 aliphatic rings. The van der Waals surface area contributed by atoms with Gasteiger partial charge in [-0.15, -0.1) is 0 Å². The molecule has 2 amide bonds. The van der Waals surface area contributed by atoms with Gasteiger partial charge in [-0.2, -0.15) is 0 Å². The number of likely N-dealkylation sites (tertiary alicyclic amines) is 1. The number of hydrogen-bond donors (Lipinski definition) is 0. The second-order valence-electron chi connectivity index (χ2n) is 7.78. The largest absolute Gasteiger partial charge is 0.351 e. The van der Waals surface area contributed by atoms with Gasteiger partial charge >= 0.3 is 0 Å². The van der Waals surface area contributed by atoms with Gasteiger partial charge in [-0.1, -0.05) is 41.9 Å². The number of benzene rings is 2. The van der Waals surface area contributed by atoms with Gasteiger partial charge in [0.05, 0.1) is 25.1 Å². The lowest BCUT2D eigenvalue weighted by molar-refractivity contribution is -0.138. The van der Waals surface area contributed by atoms with E-state index >= 15 is 0 Å². The van der Waals surface area contributed by atoms with Crippen LogP contribution >= 0.6 is 11.6 Å². The van der Waals surface area contributed by atoms with Crippen LogP contribution in [-0.2, 0) is 9.53 Å². The molecule has 3 saturated heterocycles. The predicted molar refractivity (Wildman–Crippen MR) is 105 cm³/mol. The molecular formula is C22H21ClN2O3. The zero-order valence-corrected chi connectivity index (χ0v) is 16.4. The van der Waals surface area contributed by atoms with E-state index in [1.165, 1.54) is 0 Å². The molecule has 5 nitrogen and oxygen atoms in total. The highest BCUT2D eigenvalue weighted by atomic mass is 35.5. The maximum atomic E-state index is 13.2. The Morgan fingerprint density at radius 2 is 2.00 bits per heavy atom. The zero-order chi connectivity index (χ0) is 19.5. The fraction of sp³-hybridized carbons (Fsp3) is 0.364. The van der Waals surface area contributed by atoms with E-state index in [1.807, 2.05) is 53.1 Å². The highest BCUT2D eigenvalue weighted by Gasteiger charge is 2.65. The molecule has 3 aliphatic heterocycles. The summed E-state index contributed by atoms with van der Waals surface area (Å²) in [5.74, 6) is -0.0100. The average molecular weight is 397 g/mol. The molecule has 6 heteroatoms. The summed E-state index contributed by atoms with van der Waals surface area (Å²) in [6.45, 7) is 2.93. The first-order valence-corrected chi connectivity index (χ1v) is 9.97. The van der Waals surface area contributed by atoms with Crippen LogP contribution in [0.1, 0.15) is 40.4 Å². The van der Waals surface area contributed by atoms with Crippen LogP contribution in [0.15, 0.2) is 48.5 Å². The standard InChI is InChI=1S/C22H21ClN2O3/c1-14-11-16(7-8-17(14)23)21(27)24-10-9-22-19(24)12-20(26)25(22)18(13-28-22)15-5-3-2-4-6-15/h2-8,11,18-19H,9-10,12-13H2,1H3/t18-,19+,22-/m0/s1. The second-order valence-corrected chi connectivity index (χ2v) is 8.19. The van der Waals surface area contributed by atoms with Gasteiger partial charge in [-0.25, -0.2) is 0 Å². The molecule has 28 heavy (non-hydrogen) atoms. The Morgan fingerprint density at radius 1 is 1.21 bits per heavy atom. The van der Waals surface area contributed by atoms with E-state index in [1.54, 1.807) is 12.1 Å². The molecule has 0 aromatic heterocycles. The first kappa shape index (κ1) is 17.7. The van der Waals surface area contributed by atoms with E-state index in [9.17, 15) is 9.59 Å². The molecule has 1 spiro atoms. The molecule has 0 bridgehead atoms. The SMILES string of the molecule is Cc1cc(C(=O)N2CC[C@@]34OC[C@@H](c5ccccc5)N3C(=O)C[C@@H]24)ccc1Cl. The van der Waals surface area contributed by atoms with E-state index in [4.69, 9.17) is 16.3 Å². The first-order valence-electron chi connectivity index (χ1n) is 9.59. The van der Waals surface area contributed by atoms with Gasteiger partial charge in [0.1, 0.15) is 0 Å². The van der Waals surface area contributed by atoms with E-state index in [-0.39, 0.29) is 23.9 Å². The van der Waals surface area contributed by atoms with Gasteiger partial charge in [0, 0.05) is 23.6 Å². The van der Waals surface area contributed by atoms with Crippen molar-refractivity contribution in [3.05, 3.63) is 70.2 Å². The molecule has 5 rings (SSSR count). The van der Waals surface area contributed by atoms with E-state index < -0.39 is 5.72 Å². The monoisotopic (exact) mass is 396 g/mol. The molecule has 0 radical (unpaired) electrons. The lowest BCUT2D eigenvalue weighted by Gasteiger charge is -2.33. The molecular weight excluding hydrogens is 376 g/mol. The van der Waals surface area contributed by atoms with Crippen molar-refractivity contribution in [2.75, 3.05) is 13.2 Å². The second kappa shape index (κ2) is 6.33. The maximum absolute atomic E-state index is 13.2. The van der Waals surface area contributed by atoms with Gasteiger partial charge in [-0.3, -0.25) is 9.59 Å². The summed E-state index contributed by atoms with van der Waals surface area (Å²) in [7, 11) is 0. The topological polar surface area (TPSA) is 49.9 Å². The minimum atomic E-state index is -0.700. The fourth-order valence-electron chi connectivity index (χ4n) is 4.95. The number of hydrogen-bond acceptors (Lipinski definition) is 3. The van der Waals surface area contributed by atoms with Crippen LogP contribution < -0.4 is 0 Å². The number of nitrogens with zero attached hydrogens (tertiary/aromatic N) is 2. The van der Waals surface area contributed by atoms with Crippen LogP contribution in [0.3, 0.4) is 0 Å². The van der Waals surface area contributed by atoms with Crippen molar-refractivity contribution in [1.29, 1.82) is 0 Å². The number of rotatable bonds is 2. The third-order valence-corrected chi connectivity index (χ3v) is 6.73. The van der Waals surface area contributed by atoms with Crippen molar-refractivity contribution in [2.24, 2.45) is 0 Å². The van der Waals surface area contributed by atoms with Crippen LogP contribution in [0.5, 0.6) is 0 Å². The maximum Gasteiger partial charge on any atom is 0.254 e. The summed E-state index contributed by atoms with van der Waals surface area (Å²) in [5, 5.41) is 0.640. The Balaban J connectivity index is 1.46. The Morgan fingerprint density at radius 3 is 2.75 bits per heavy atom. The Kier molecular flexibility index (Phi) is 4.00. The van der Waals surface area contributed by atoms with Crippen LogP contribution in [0, 0.1) is 6.92 Å². The minimum Gasteiger partial charge on any atom is -0.351 e. The Bertz CT molecular complexity index is 964. The smallest absolute Gasteiger partial charge is 0.254 e. The molecule has 0 N–H and O–H groups in total. The third-order valence-electron chi connectivity index (χ3n) is 6.31. The van der Waals surface area contributed by atoms with Crippen molar-refractivity contribution < 1.29 is 14.3 Å². The summed E-state index contributed by atoms with van der Waals surface area (Å²) in [6.07, 6.45) is 0.951. The molecule has 3 fully saturated rings. The van der Waals surface area contributed by atoms with Crippen molar-refractivity contribution in [3.63, 3.8) is 0 Å². The Labute approximate surface area is 168 Å². The molecule has 144 valence electrons. The van der Waals surface area contributed by atoms with Gasteiger partial charge < -0.3 is 14.5 Å². The first-order chi connectivity index (χ1) is 13.5. The van der Waals surface area contributed by atoms with Crippen LogP contribution in [0.25, 0.3) is 0 Å². The number of ether oxygens (including phenoxy) is 1. The summed E-state index contributed by atoms with van der Waals surface area (Å²) in [6, 6.07) is 14.9. The molecule has 2 aromatic rings. The van der Waals surface area contributed by atoms with Crippen LogP contribution in [0.2, 0.25) is 5.02 Å². The summed E-state index contributed by atoms with van der Waals surface area (Å²) >= 11 is 6.10.